The molecule has 172 valence electrons. The molecule has 3 atom stereocenters. The van der Waals surface area contributed by atoms with Crippen LogP contribution in [-0.2, 0) is 18.4 Å². The molecule has 0 saturated carbocycles. The highest BCUT2D eigenvalue weighted by molar-refractivity contribution is 7.47. The van der Waals surface area contributed by atoms with Gasteiger partial charge >= 0.3 is 13.8 Å². The highest BCUT2D eigenvalue weighted by atomic mass is 31.2. The molecule has 0 aliphatic heterocycles. The standard InChI is InChI=1S/C20H34NO8P/c1-21(2,3)20(24)18(16-19(22)23)29-30(25,26)28-15-11-6-4-5-10-14-27-17-12-8-7-9-13-17/h7-9,12-13,18,20H,4-6,10-11,14-16H2,1-3H3,(H,22,23)(H,25,26)/t18-,20?/m1/s1. The number of para-hydroxylation sites is 1. The molecule has 1 aromatic carbocycles. The van der Waals surface area contributed by atoms with Crippen molar-refractivity contribution in [2.45, 2.75) is 50.9 Å². The van der Waals surface area contributed by atoms with Crippen LogP contribution in [0.3, 0.4) is 0 Å². The molecule has 0 spiro atoms. The summed E-state index contributed by atoms with van der Waals surface area (Å²) in [5.41, 5.74) is 0. The maximum absolute atomic E-state index is 12.3. The molecule has 1 aromatic rings. The second-order valence-corrected chi connectivity index (χ2v) is 9.39. The average Bonchev–Trinajstić information content (AvgIpc) is 2.65. The second kappa shape index (κ2) is 13.0. The average molecular weight is 447 g/mol. The molecule has 0 fully saturated rings. The normalized spacial score (nSPS) is 15.9. The van der Waals surface area contributed by atoms with Crippen LogP contribution in [0.15, 0.2) is 30.3 Å². The summed E-state index contributed by atoms with van der Waals surface area (Å²) in [7, 11) is 0.156. The molecule has 0 saturated heterocycles. The van der Waals surface area contributed by atoms with E-state index in [1.807, 2.05) is 30.3 Å². The lowest BCUT2D eigenvalue weighted by Gasteiger charge is -2.42. The van der Waals surface area contributed by atoms with E-state index in [-0.39, 0.29) is 11.1 Å². The molecular weight excluding hydrogens is 413 g/mol. The molecule has 30 heavy (non-hydrogen) atoms. The van der Waals surface area contributed by atoms with Gasteiger partial charge < -0.3 is 24.3 Å². The lowest BCUT2D eigenvalue weighted by atomic mass is 10.1. The number of quaternary nitrogens is 1. The molecule has 0 heterocycles. The predicted octanol–water partition coefficient (Wildman–Crippen LogP) is 2.39. The van der Waals surface area contributed by atoms with Crippen molar-refractivity contribution in [1.82, 2.24) is 0 Å². The molecule has 9 nitrogen and oxygen atoms in total. The Morgan fingerprint density at radius 3 is 2.20 bits per heavy atom. The van der Waals surface area contributed by atoms with Gasteiger partial charge in [-0.2, -0.15) is 0 Å². The van der Waals surface area contributed by atoms with Gasteiger partial charge in [0.25, 0.3) is 0 Å². The van der Waals surface area contributed by atoms with Crippen LogP contribution in [0.5, 0.6) is 5.75 Å². The Morgan fingerprint density at radius 1 is 1.07 bits per heavy atom. The number of rotatable bonds is 16. The van der Waals surface area contributed by atoms with Crippen LogP contribution in [-0.4, -0.2) is 67.1 Å². The third-order valence-electron chi connectivity index (χ3n) is 4.28. The van der Waals surface area contributed by atoms with Crippen LogP contribution >= 0.6 is 7.82 Å². The summed E-state index contributed by atoms with van der Waals surface area (Å²) in [6, 6.07) is 9.58. The first kappa shape index (κ1) is 26.6. The molecule has 2 unspecified atom stereocenters. The molecule has 1 rings (SSSR count). The van der Waals surface area contributed by atoms with E-state index < -0.39 is 32.5 Å². The zero-order valence-electron chi connectivity index (χ0n) is 17.9. The van der Waals surface area contributed by atoms with Crippen molar-refractivity contribution >= 4 is 13.8 Å². The highest BCUT2D eigenvalue weighted by Gasteiger charge is 2.34. The first-order valence-corrected chi connectivity index (χ1v) is 11.5. The molecule has 0 aliphatic rings. The fourth-order valence-corrected chi connectivity index (χ4v) is 3.63. The lowest BCUT2D eigenvalue weighted by molar-refractivity contribution is -0.973. The van der Waals surface area contributed by atoms with Crippen LogP contribution in [0.4, 0.5) is 0 Å². The Balaban J connectivity index is 2.23. The van der Waals surface area contributed by atoms with Gasteiger partial charge in [0.15, 0.2) is 0 Å². The van der Waals surface area contributed by atoms with Gasteiger partial charge in [-0.25, -0.2) is 4.57 Å². The van der Waals surface area contributed by atoms with Crippen molar-refractivity contribution in [3.63, 3.8) is 0 Å². The minimum atomic E-state index is -4.52. The van der Waals surface area contributed by atoms with Crippen molar-refractivity contribution in [3.8, 4) is 5.75 Å². The van der Waals surface area contributed by atoms with Crippen molar-refractivity contribution in [2.24, 2.45) is 0 Å². The number of ether oxygens (including phenoxy) is 1. The van der Waals surface area contributed by atoms with Crippen molar-refractivity contribution in [1.29, 1.82) is 0 Å². The number of phosphoric acid groups is 1. The van der Waals surface area contributed by atoms with Gasteiger partial charge in [-0.05, 0) is 25.0 Å². The molecule has 2 N–H and O–H groups in total. The highest BCUT2D eigenvalue weighted by Crippen LogP contribution is 2.45. The molecule has 0 amide bonds. The van der Waals surface area contributed by atoms with Gasteiger partial charge in [0.2, 0.25) is 0 Å². The summed E-state index contributed by atoms with van der Waals surface area (Å²) < 4.78 is 27.4. The minimum absolute atomic E-state index is 0.0119. The Hall–Kier alpha value is -1.48. The van der Waals surface area contributed by atoms with Gasteiger partial charge in [-0.1, -0.05) is 37.5 Å². The zero-order chi connectivity index (χ0) is 22.6. The summed E-state index contributed by atoms with van der Waals surface area (Å²) in [6.07, 6.45) is 0.421. The van der Waals surface area contributed by atoms with E-state index >= 15 is 0 Å². The summed E-state index contributed by atoms with van der Waals surface area (Å²) in [4.78, 5) is 20.8. The minimum Gasteiger partial charge on any atom is -0.804 e. The molecule has 0 aromatic heterocycles. The Morgan fingerprint density at radius 2 is 1.63 bits per heavy atom. The van der Waals surface area contributed by atoms with Crippen molar-refractivity contribution in [3.05, 3.63) is 30.3 Å². The second-order valence-electron chi connectivity index (χ2n) is 7.98. The van der Waals surface area contributed by atoms with Gasteiger partial charge in [0.05, 0.1) is 40.8 Å². The van der Waals surface area contributed by atoms with Crippen LogP contribution in [0.25, 0.3) is 0 Å². The summed E-state index contributed by atoms with van der Waals surface area (Å²) in [6.45, 7) is 0.621. The number of hydrogen-bond acceptors (Lipinski definition) is 6. The Bertz CT molecular complexity index is 665. The number of carbonyl (C=O) groups is 1. The monoisotopic (exact) mass is 447 g/mol. The quantitative estimate of drug-likeness (QED) is 0.171. The Kier molecular flexibility index (Phi) is 11.5. The predicted molar refractivity (Wildman–Crippen MR) is 110 cm³/mol. The largest absolute Gasteiger partial charge is 0.804 e. The van der Waals surface area contributed by atoms with Crippen LogP contribution < -0.4 is 9.84 Å². The number of nitrogens with zero attached hydrogens (tertiary/aromatic N) is 1. The zero-order valence-corrected chi connectivity index (χ0v) is 18.8. The van der Waals surface area contributed by atoms with Gasteiger partial charge in [-0.3, -0.25) is 13.8 Å². The topological polar surface area (TPSA) is 125 Å². The van der Waals surface area contributed by atoms with Crippen LogP contribution in [0.1, 0.15) is 38.5 Å². The summed E-state index contributed by atoms with van der Waals surface area (Å²) >= 11 is 0. The van der Waals surface area contributed by atoms with E-state index in [2.05, 4.69) is 0 Å². The third kappa shape index (κ3) is 11.6. The SMILES string of the molecule is C[N+](C)(C)C([O-])[C@@H](CC(=O)O)OP(=O)(O)OCCCCCCCOc1ccccc1. The first-order valence-electron chi connectivity index (χ1n) is 10.0. The van der Waals surface area contributed by atoms with E-state index in [0.29, 0.717) is 13.0 Å². The molecule has 0 radical (unpaired) electrons. The van der Waals surface area contributed by atoms with Gasteiger partial charge in [-0.15, -0.1) is 0 Å². The number of carboxylic acids is 1. The van der Waals surface area contributed by atoms with E-state index in [1.165, 1.54) is 0 Å². The fraction of sp³-hybridized carbons (Fsp3) is 0.650. The third-order valence-corrected chi connectivity index (χ3v) is 5.33. The molecule has 0 aliphatic carbocycles. The van der Waals surface area contributed by atoms with Crippen LogP contribution in [0.2, 0.25) is 0 Å². The fourth-order valence-electron chi connectivity index (χ4n) is 2.68. The van der Waals surface area contributed by atoms with E-state index in [1.54, 1.807) is 21.1 Å². The van der Waals surface area contributed by atoms with E-state index in [0.717, 1.165) is 31.4 Å². The number of unbranched alkanes of at least 4 members (excludes halogenated alkanes) is 4. The summed E-state index contributed by atoms with van der Waals surface area (Å²) in [5, 5.41) is 21.3. The van der Waals surface area contributed by atoms with E-state index in [9.17, 15) is 19.4 Å². The van der Waals surface area contributed by atoms with Gasteiger partial charge in [0, 0.05) is 6.23 Å². The number of hydrogen-bond donors (Lipinski definition) is 2. The number of aliphatic carboxylic acids is 1. The van der Waals surface area contributed by atoms with Crippen molar-refractivity contribution in [2.75, 3.05) is 34.4 Å². The number of likely N-dealkylation sites (N-methyl/N-ethyl adjacent to an activating group) is 1. The number of carboxylic acid groups (broad SMARTS) is 1. The maximum atomic E-state index is 12.3. The van der Waals surface area contributed by atoms with Gasteiger partial charge in [0.1, 0.15) is 11.9 Å². The molecule has 0 bridgehead atoms. The Labute approximate surface area is 178 Å². The van der Waals surface area contributed by atoms with Crippen molar-refractivity contribution < 1.29 is 42.7 Å². The first-order chi connectivity index (χ1) is 14.0. The smallest absolute Gasteiger partial charge is 0.472 e. The van der Waals surface area contributed by atoms with E-state index in [4.69, 9.17) is 18.9 Å². The lowest BCUT2D eigenvalue weighted by Crippen LogP contribution is -2.60. The molecular formula is C20H34NO8P. The number of phosphoric ester groups is 1. The summed E-state index contributed by atoms with van der Waals surface area (Å²) in [5.74, 6) is -0.443. The van der Waals surface area contributed by atoms with Crippen LogP contribution in [0, 0.1) is 0 Å². The molecule has 10 heteroatoms. The number of benzene rings is 1. The maximum Gasteiger partial charge on any atom is 0.472 e.